The molecule has 1 aliphatic heterocycles. The van der Waals surface area contributed by atoms with Crippen LogP contribution in [0.5, 0.6) is 0 Å². The summed E-state index contributed by atoms with van der Waals surface area (Å²) in [5.74, 6) is 0.154. The number of amides is 1. The predicted octanol–water partition coefficient (Wildman–Crippen LogP) is 4.64. The van der Waals surface area contributed by atoms with Crippen LogP contribution in [0.25, 0.3) is 10.8 Å². The highest BCUT2D eigenvalue weighted by Crippen LogP contribution is 2.25. The zero-order valence-electron chi connectivity index (χ0n) is 15.9. The smallest absolute Gasteiger partial charge is 0.227 e. The molecule has 3 aromatic carbocycles. The zero-order valence-corrected chi connectivity index (χ0v) is 15.9. The van der Waals surface area contributed by atoms with E-state index in [1.807, 2.05) is 24.1 Å². The van der Waals surface area contributed by atoms with Gasteiger partial charge in [0.05, 0.1) is 6.42 Å². The first-order valence-corrected chi connectivity index (χ1v) is 9.75. The van der Waals surface area contributed by atoms with Gasteiger partial charge in [-0.3, -0.25) is 4.79 Å². The Kier molecular flexibility index (Phi) is 5.10. The van der Waals surface area contributed by atoms with Crippen LogP contribution >= 0.6 is 0 Å². The molecule has 3 aromatic rings. The second-order valence-electron chi connectivity index (χ2n) is 7.43. The molecule has 0 radical (unpaired) electrons. The average Bonchev–Trinajstić information content (AvgIpc) is 3.23. The van der Waals surface area contributed by atoms with Crippen LogP contribution in [0.15, 0.2) is 66.7 Å². The molecule has 0 aliphatic carbocycles. The first-order valence-electron chi connectivity index (χ1n) is 9.75. The van der Waals surface area contributed by atoms with Gasteiger partial charge in [-0.2, -0.15) is 0 Å². The van der Waals surface area contributed by atoms with Crippen LogP contribution in [0.1, 0.15) is 24.0 Å². The van der Waals surface area contributed by atoms with Crippen molar-refractivity contribution in [2.45, 2.75) is 25.8 Å². The normalized spacial score (nSPS) is 13.9. The Morgan fingerprint density at radius 2 is 1.63 bits per heavy atom. The molecule has 0 saturated carbocycles. The van der Waals surface area contributed by atoms with Gasteiger partial charge in [-0.15, -0.1) is 0 Å². The van der Waals surface area contributed by atoms with Gasteiger partial charge in [0.2, 0.25) is 5.91 Å². The third-order valence-corrected chi connectivity index (χ3v) is 5.44. The monoisotopic (exact) mass is 358 g/mol. The molecule has 1 amide bonds. The summed E-state index contributed by atoms with van der Waals surface area (Å²) in [6.07, 6.45) is 2.95. The molecular weight excluding hydrogens is 332 g/mol. The van der Waals surface area contributed by atoms with Gasteiger partial charge in [0.25, 0.3) is 0 Å². The maximum Gasteiger partial charge on any atom is 0.227 e. The Morgan fingerprint density at radius 3 is 2.44 bits per heavy atom. The van der Waals surface area contributed by atoms with Gasteiger partial charge in [-0.25, -0.2) is 0 Å². The number of para-hydroxylation sites is 1. The molecule has 0 atom stereocenters. The molecule has 1 fully saturated rings. The molecule has 138 valence electrons. The predicted molar refractivity (Wildman–Crippen MR) is 112 cm³/mol. The van der Waals surface area contributed by atoms with E-state index in [0.717, 1.165) is 18.7 Å². The average molecular weight is 358 g/mol. The fourth-order valence-electron chi connectivity index (χ4n) is 3.91. The minimum Gasteiger partial charge on any atom is -0.371 e. The lowest BCUT2D eigenvalue weighted by molar-refractivity contribution is -0.129. The lowest BCUT2D eigenvalue weighted by Gasteiger charge is -2.24. The Labute approximate surface area is 161 Å². The lowest BCUT2D eigenvalue weighted by Crippen LogP contribution is -2.29. The van der Waals surface area contributed by atoms with Crippen LogP contribution in [-0.4, -0.2) is 30.9 Å². The second kappa shape index (κ2) is 7.83. The van der Waals surface area contributed by atoms with Crippen molar-refractivity contribution in [3.63, 3.8) is 0 Å². The first-order chi connectivity index (χ1) is 13.2. The van der Waals surface area contributed by atoms with Crippen molar-refractivity contribution < 1.29 is 4.79 Å². The Balaban J connectivity index is 1.46. The minimum atomic E-state index is 0.154. The highest BCUT2D eigenvalue weighted by Gasteiger charge is 2.17. The van der Waals surface area contributed by atoms with Gasteiger partial charge >= 0.3 is 0 Å². The summed E-state index contributed by atoms with van der Waals surface area (Å²) in [6.45, 7) is 2.89. The van der Waals surface area contributed by atoms with Crippen molar-refractivity contribution in [1.29, 1.82) is 0 Å². The summed E-state index contributed by atoms with van der Waals surface area (Å²) >= 11 is 0. The molecule has 0 bridgehead atoms. The topological polar surface area (TPSA) is 23.6 Å². The van der Waals surface area contributed by atoms with Crippen LogP contribution in [0.4, 0.5) is 5.69 Å². The fraction of sp³-hybridized carbons (Fsp3) is 0.292. The van der Waals surface area contributed by atoms with Gasteiger partial charge < -0.3 is 9.80 Å². The molecule has 0 aromatic heterocycles. The summed E-state index contributed by atoms with van der Waals surface area (Å²) in [5.41, 5.74) is 3.58. The van der Waals surface area contributed by atoms with Crippen LogP contribution in [0.3, 0.4) is 0 Å². The van der Waals surface area contributed by atoms with Crippen molar-refractivity contribution in [2.75, 3.05) is 25.0 Å². The molecule has 27 heavy (non-hydrogen) atoms. The van der Waals surface area contributed by atoms with Crippen LogP contribution in [-0.2, 0) is 17.8 Å². The number of carbonyl (C=O) groups is 1. The SMILES string of the molecule is CN(Cc1ccccc1N1CCCC1)C(=O)Cc1ccc2ccccc2c1. The van der Waals surface area contributed by atoms with Crippen LogP contribution in [0.2, 0.25) is 0 Å². The number of hydrogen-bond donors (Lipinski definition) is 0. The van der Waals surface area contributed by atoms with Crippen molar-refractivity contribution in [1.82, 2.24) is 4.90 Å². The summed E-state index contributed by atoms with van der Waals surface area (Å²) in [4.78, 5) is 17.1. The summed E-state index contributed by atoms with van der Waals surface area (Å²) in [6, 6.07) is 23.0. The number of likely N-dealkylation sites (N-methyl/N-ethyl adjacent to an activating group) is 1. The van der Waals surface area contributed by atoms with Crippen molar-refractivity contribution in [3.05, 3.63) is 77.9 Å². The molecule has 1 aliphatic rings. The number of anilines is 1. The molecule has 1 saturated heterocycles. The van der Waals surface area contributed by atoms with E-state index in [9.17, 15) is 4.79 Å². The fourth-order valence-corrected chi connectivity index (χ4v) is 3.91. The Hall–Kier alpha value is -2.81. The third-order valence-electron chi connectivity index (χ3n) is 5.44. The molecule has 4 rings (SSSR count). The highest BCUT2D eigenvalue weighted by atomic mass is 16.2. The number of carbonyl (C=O) groups excluding carboxylic acids is 1. The molecule has 3 nitrogen and oxygen atoms in total. The van der Waals surface area contributed by atoms with E-state index in [2.05, 4.69) is 59.5 Å². The van der Waals surface area contributed by atoms with E-state index in [0.29, 0.717) is 13.0 Å². The Bertz CT molecular complexity index is 944. The van der Waals surface area contributed by atoms with Crippen LogP contribution < -0.4 is 4.90 Å². The standard InChI is InChI=1S/C24H26N2O/c1-25(18-22-10-4-5-11-23(22)26-14-6-7-15-26)24(27)17-19-12-13-20-8-2-3-9-21(20)16-19/h2-5,8-13,16H,6-7,14-15,17-18H2,1H3. The number of fused-ring (bicyclic) bond motifs is 1. The summed E-state index contributed by atoms with van der Waals surface area (Å²) in [5, 5.41) is 2.39. The van der Waals surface area contributed by atoms with E-state index in [1.165, 1.54) is 34.9 Å². The van der Waals surface area contributed by atoms with Gasteiger partial charge in [0, 0.05) is 32.4 Å². The van der Waals surface area contributed by atoms with E-state index >= 15 is 0 Å². The maximum absolute atomic E-state index is 12.8. The van der Waals surface area contributed by atoms with E-state index in [1.54, 1.807) is 0 Å². The molecule has 0 unspecified atom stereocenters. The van der Waals surface area contributed by atoms with Gasteiger partial charge in [0.1, 0.15) is 0 Å². The molecule has 0 spiro atoms. The van der Waals surface area contributed by atoms with Gasteiger partial charge in [-0.1, -0.05) is 60.7 Å². The van der Waals surface area contributed by atoms with Crippen LogP contribution in [0, 0.1) is 0 Å². The Morgan fingerprint density at radius 1 is 0.926 bits per heavy atom. The number of nitrogens with zero attached hydrogens (tertiary/aromatic N) is 2. The van der Waals surface area contributed by atoms with Gasteiger partial charge in [-0.05, 0) is 40.8 Å². The largest absolute Gasteiger partial charge is 0.371 e. The van der Waals surface area contributed by atoms with Crippen molar-refractivity contribution >= 4 is 22.4 Å². The van der Waals surface area contributed by atoms with E-state index in [4.69, 9.17) is 0 Å². The minimum absolute atomic E-state index is 0.154. The zero-order chi connectivity index (χ0) is 18.6. The molecule has 1 heterocycles. The highest BCUT2D eigenvalue weighted by molar-refractivity contribution is 5.85. The summed E-state index contributed by atoms with van der Waals surface area (Å²) in [7, 11) is 1.91. The molecule has 0 N–H and O–H groups in total. The lowest BCUT2D eigenvalue weighted by atomic mass is 10.0. The molecular formula is C24H26N2O. The van der Waals surface area contributed by atoms with E-state index in [-0.39, 0.29) is 5.91 Å². The van der Waals surface area contributed by atoms with Crippen molar-refractivity contribution in [3.8, 4) is 0 Å². The first kappa shape index (κ1) is 17.6. The summed E-state index contributed by atoms with van der Waals surface area (Å²) < 4.78 is 0. The number of hydrogen-bond acceptors (Lipinski definition) is 2. The quantitative estimate of drug-likeness (QED) is 0.663. The van der Waals surface area contributed by atoms with Gasteiger partial charge in [0.15, 0.2) is 0 Å². The third kappa shape index (κ3) is 3.97. The van der Waals surface area contributed by atoms with E-state index < -0.39 is 0 Å². The second-order valence-corrected chi connectivity index (χ2v) is 7.43. The molecule has 3 heteroatoms. The van der Waals surface area contributed by atoms with Crippen molar-refractivity contribution in [2.24, 2.45) is 0 Å². The maximum atomic E-state index is 12.8. The number of rotatable bonds is 5. The number of benzene rings is 3.